The molecule has 1 aliphatic heterocycles. The fourth-order valence-corrected chi connectivity index (χ4v) is 2.14. The third kappa shape index (κ3) is 2.39. The highest BCUT2D eigenvalue weighted by molar-refractivity contribution is 5.75. The molecule has 0 radical (unpaired) electrons. The normalized spacial score (nSPS) is 20.9. The fraction of sp³-hybridized carbons (Fsp3) is 0.500. The molecule has 2 rings (SSSR count). The van der Waals surface area contributed by atoms with Gasteiger partial charge in [0.15, 0.2) is 0 Å². The lowest BCUT2D eigenvalue weighted by molar-refractivity contribution is -0.146. The van der Waals surface area contributed by atoms with E-state index >= 15 is 0 Å². The van der Waals surface area contributed by atoms with Gasteiger partial charge in [0.05, 0.1) is 7.11 Å². The predicted octanol–water partition coefficient (Wildman–Crippen LogP) is 1.22. The van der Waals surface area contributed by atoms with E-state index < -0.39 is 0 Å². The van der Waals surface area contributed by atoms with Crippen LogP contribution in [0.25, 0.3) is 0 Å². The lowest BCUT2D eigenvalue weighted by Crippen LogP contribution is -2.36. The van der Waals surface area contributed by atoms with Crippen LogP contribution in [0.15, 0.2) is 24.5 Å². The van der Waals surface area contributed by atoms with Crippen molar-refractivity contribution in [1.82, 2.24) is 9.88 Å². The van der Waals surface area contributed by atoms with Crippen molar-refractivity contribution in [2.24, 2.45) is 0 Å². The Labute approximate surface area is 95.2 Å². The number of hydrogen-bond acceptors (Lipinski definition) is 4. The van der Waals surface area contributed by atoms with Crippen molar-refractivity contribution < 1.29 is 9.53 Å². The van der Waals surface area contributed by atoms with Gasteiger partial charge in [-0.2, -0.15) is 0 Å². The Morgan fingerprint density at radius 3 is 3.25 bits per heavy atom. The molecule has 4 heteroatoms. The van der Waals surface area contributed by atoms with E-state index in [4.69, 9.17) is 4.74 Å². The zero-order chi connectivity index (χ0) is 11.4. The molecule has 0 bridgehead atoms. The van der Waals surface area contributed by atoms with Gasteiger partial charge >= 0.3 is 5.97 Å². The highest BCUT2D eigenvalue weighted by Gasteiger charge is 2.31. The molecule has 1 aromatic heterocycles. The number of esters is 1. The maximum atomic E-state index is 11.5. The second kappa shape index (κ2) is 5.07. The van der Waals surface area contributed by atoms with Crippen LogP contribution in [0, 0.1) is 0 Å². The molecule has 16 heavy (non-hydrogen) atoms. The molecule has 0 aliphatic carbocycles. The van der Waals surface area contributed by atoms with E-state index in [1.807, 2.05) is 18.3 Å². The van der Waals surface area contributed by atoms with Gasteiger partial charge in [-0.25, -0.2) is 0 Å². The van der Waals surface area contributed by atoms with Gasteiger partial charge in [-0.3, -0.25) is 14.7 Å². The topological polar surface area (TPSA) is 42.4 Å². The number of rotatable bonds is 3. The highest BCUT2D eigenvalue weighted by Crippen LogP contribution is 2.20. The van der Waals surface area contributed by atoms with Crippen molar-refractivity contribution in [3.05, 3.63) is 30.1 Å². The average Bonchev–Trinajstić information content (AvgIpc) is 2.77. The van der Waals surface area contributed by atoms with Crippen LogP contribution in [0.3, 0.4) is 0 Å². The third-order valence-corrected chi connectivity index (χ3v) is 2.95. The number of methoxy groups -OCH3 is 1. The first-order valence-corrected chi connectivity index (χ1v) is 5.52. The van der Waals surface area contributed by atoms with Crippen molar-refractivity contribution >= 4 is 5.97 Å². The fourth-order valence-electron chi connectivity index (χ4n) is 2.14. The van der Waals surface area contributed by atoms with Gasteiger partial charge < -0.3 is 4.74 Å². The minimum atomic E-state index is -0.124. The van der Waals surface area contributed by atoms with Crippen LogP contribution in [-0.4, -0.2) is 35.5 Å². The largest absolute Gasteiger partial charge is 0.468 e. The molecule has 1 fully saturated rings. The third-order valence-electron chi connectivity index (χ3n) is 2.95. The Morgan fingerprint density at radius 2 is 2.56 bits per heavy atom. The Kier molecular flexibility index (Phi) is 3.51. The molecule has 0 spiro atoms. The van der Waals surface area contributed by atoms with Crippen LogP contribution < -0.4 is 0 Å². The average molecular weight is 220 g/mol. The number of carbonyl (C=O) groups is 1. The van der Waals surface area contributed by atoms with E-state index in [9.17, 15) is 4.79 Å². The lowest BCUT2D eigenvalue weighted by atomic mass is 10.2. The van der Waals surface area contributed by atoms with Crippen LogP contribution in [0.2, 0.25) is 0 Å². The van der Waals surface area contributed by atoms with Gasteiger partial charge in [0.25, 0.3) is 0 Å². The van der Waals surface area contributed by atoms with Crippen LogP contribution in [0.1, 0.15) is 18.4 Å². The molecule has 1 aromatic rings. The van der Waals surface area contributed by atoms with Crippen molar-refractivity contribution in [2.75, 3.05) is 13.7 Å². The second-order valence-electron chi connectivity index (χ2n) is 4.01. The molecule has 4 nitrogen and oxygen atoms in total. The van der Waals surface area contributed by atoms with Gasteiger partial charge in [-0.15, -0.1) is 0 Å². The molecular weight excluding hydrogens is 204 g/mol. The molecule has 0 saturated carbocycles. The standard InChI is InChI=1S/C12H16N2O2/c1-16-12(15)11-5-3-7-14(11)9-10-4-2-6-13-8-10/h2,4,6,8,11H,3,5,7,9H2,1H3. The molecule has 1 unspecified atom stereocenters. The smallest absolute Gasteiger partial charge is 0.323 e. The molecule has 1 atom stereocenters. The molecule has 1 aliphatic rings. The first-order chi connectivity index (χ1) is 7.81. The summed E-state index contributed by atoms with van der Waals surface area (Å²) < 4.78 is 4.81. The van der Waals surface area contributed by atoms with Crippen LogP contribution in [0.4, 0.5) is 0 Å². The number of carbonyl (C=O) groups excluding carboxylic acids is 1. The maximum Gasteiger partial charge on any atom is 0.323 e. The zero-order valence-electron chi connectivity index (χ0n) is 9.43. The first kappa shape index (κ1) is 11.1. The van der Waals surface area contributed by atoms with E-state index in [1.165, 1.54) is 7.11 Å². The predicted molar refractivity (Wildman–Crippen MR) is 59.7 cm³/mol. The van der Waals surface area contributed by atoms with Crippen molar-refractivity contribution in [1.29, 1.82) is 0 Å². The molecule has 1 saturated heterocycles. The zero-order valence-corrected chi connectivity index (χ0v) is 9.43. The molecule has 2 heterocycles. The van der Waals surface area contributed by atoms with Gasteiger partial charge in [-0.1, -0.05) is 6.07 Å². The van der Waals surface area contributed by atoms with E-state index in [2.05, 4.69) is 9.88 Å². The number of aromatic nitrogens is 1. The Hall–Kier alpha value is -1.42. The number of nitrogens with zero attached hydrogens (tertiary/aromatic N) is 2. The number of likely N-dealkylation sites (tertiary alicyclic amines) is 1. The quantitative estimate of drug-likeness (QED) is 0.718. The van der Waals surface area contributed by atoms with E-state index in [0.29, 0.717) is 0 Å². The summed E-state index contributed by atoms with van der Waals surface area (Å²) in [7, 11) is 1.45. The highest BCUT2D eigenvalue weighted by atomic mass is 16.5. The summed E-state index contributed by atoms with van der Waals surface area (Å²) in [6.07, 6.45) is 5.55. The van der Waals surface area contributed by atoms with Crippen molar-refractivity contribution in [2.45, 2.75) is 25.4 Å². The molecule has 0 N–H and O–H groups in total. The van der Waals surface area contributed by atoms with Gasteiger partial charge in [0, 0.05) is 18.9 Å². The second-order valence-corrected chi connectivity index (χ2v) is 4.01. The van der Waals surface area contributed by atoms with E-state index in [-0.39, 0.29) is 12.0 Å². The molecule has 0 aromatic carbocycles. The Bertz CT molecular complexity index is 353. The molecule has 86 valence electrons. The van der Waals surface area contributed by atoms with Crippen LogP contribution in [-0.2, 0) is 16.1 Å². The van der Waals surface area contributed by atoms with Crippen molar-refractivity contribution in [3.63, 3.8) is 0 Å². The monoisotopic (exact) mass is 220 g/mol. The summed E-state index contributed by atoms with van der Waals surface area (Å²) in [6.45, 7) is 1.72. The summed E-state index contributed by atoms with van der Waals surface area (Å²) in [5, 5.41) is 0. The van der Waals surface area contributed by atoms with Crippen molar-refractivity contribution in [3.8, 4) is 0 Å². The van der Waals surface area contributed by atoms with E-state index in [0.717, 1.165) is 31.5 Å². The first-order valence-electron chi connectivity index (χ1n) is 5.52. The number of ether oxygens (including phenoxy) is 1. The maximum absolute atomic E-state index is 11.5. The lowest BCUT2D eigenvalue weighted by Gasteiger charge is -2.21. The van der Waals surface area contributed by atoms with Gasteiger partial charge in [0.1, 0.15) is 6.04 Å². The SMILES string of the molecule is COC(=O)C1CCCN1Cc1cccnc1. The Morgan fingerprint density at radius 1 is 1.69 bits per heavy atom. The number of pyridine rings is 1. The van der Waals surface area contributed by atoms with E-state index in [1.54, 1.807) is 6.20 Å². The Balaban J connectivity index is 2.01. The summed E-state index contributed by atoms with van der Waals surface area (Å²) in [4.78, 5) is 17.8. The minimum Gasteiger partial charge on any atom is -0.468 e. The summed E-state index contributed by atoms with van der Waals surface area (Å²) in [5.74, 6) is -0.124. The summed E-state index contributed by atoms with van der Waals surface area (Å²) in [5.41, 5.74) is 1.14. The van der Waals surface area contributed by atoms with Crippen LogP contribution >= 0.6 is 0 Å². The van der Waals surface area contributed by atoms with Gasteiger partial charge in [0.2, 0.25) is 0 Å². The minimum absolute atomic E-state index is 0.0785. The summed E-state index contributed by atoms with van der Waals surface area (Å²) in [6, 6.07) is 3.86. The molecule has 0 amide bonds. The summed E-state index contributed by atoms with van der Waals surface area (Å²) >= 11 is 0. The van der Waals surface area contributed by atoms with Gasteiger partial charge in [-0.05, 0) is 31.0 Å². The number of hydrogen-bond donors (Lipinski definition) is 0. The van der Waals surface area contributed by atoms with Crippen LogP contribution in [0.5, 0.6) is 0 Å². The molecular formula is C12H16N2O2.